The Balaban J connectivity index is 1.27. The van der Waals surface area contributed by atoms with Crippen LogP contribution in [0.4, 0.5) is 9.93 Å². The molecule has 1 aliphatic carbocycles. The number of nitrogens with zero attached hydrogens (tertiary/aromatic N) is 2. The number of aromatic nitrogens is 1. The van der Waals surface area contributed by atoms with Gasteiger partial charge in [0.25, 0.3) is 0 Å². The summed E-state index contributed by atoms with van der Waals surface area (Å²) in [4.78, 5) is 30.7. The molecule has 1 aromatic heterocycles. The third-order valence-corrected chi connectivity index (χ3v) is 5.90. The number of thiazole rings is 1. The number of carbonyl (C=O) groups excluding carboxylic acids is 2. The van der Waals surface area contributed by atoms with Crippen molar-refractivity contribution in [1.82, 2.24) is 20.5 Å². The summed E-state index contributed by atoms with van der Waals surface area (Å²) in [6.07, 6.45) is 6.75. The third kappa shape index (κ3) is 7.37. The molecule has 2 heterocycles. The minimum absolute atomic E-state index is 0.0678. The Labute approximate surface area is 170 Å². The fraction of sp³-hybridized carbons (Fsp3) is 0.737. The monoisotopic (exact) mass is 409 g/mol. The van der Waals surface area contributed by atoms with E-state index in [1.807, 2.05) is 5.38 Å². The first-order chi connectivity index (χ1) is 13.7. The van der Waals surface area contributed by atoms with Gasteiger partial charge in [-0.1, -0.05) is 19.3 Å². The van der Waals surface area contributed by atoms with Crippen LogP contribution in [0.15, 0.2) is 5.38 Å². The van der Waals surface area contributed by atoms with Gasteiger partial charge in [0, 0.05) is 44.0 Å². The van der Waals surface area contributed by atoms with Crippen LogP contribution in [-0.4, -0.2) is 60.7 Å². The number of morpholine rings is 1. The number of anilines is 1. The Morgan fingerprint density at radius 2 is 2.00 bits per heavy atom. The first-order valence-corrected chi connectivity index (χ1v) is 11.2. The van der Waals surface area contributed by atoms with Gasteiger partial charge >= 0.3 is 6.03 Å². The summed E-state index contributed by atoms with van der Waals surface area (Å²) in [5, 5.41) is 11.3. The van der Waals surface area contributed by atoms with E-state index in [4.69, 9.17) is 4.74 Å². The zero-order chi connectivity index (χ0) is 19.6. The van der Waals surface area contributed by atoms with Gasteiger partial charge in [-0.2, -0.15) is 0 Å². The first-order valence-electron chi connectivity index (χ1n) is 10.3. The summed E-state index contributed by atoms with van der Waals surface area (Å²) in [7, 11) is 0. The number of hydrogen-bond donors (Lipinski definition) is 3. The normalized spacial score (nSPS) is 18.6. The Morgan fingerprint density at radius 1 is 1.21 bits per heavy atom. The van der Waals surface area contributed by atoms with Gasteiger partial charge in [-0.15, -0.1) is 11.3 Å². The molecule has 9 heteroatoms. The molecule has 8 nitrogen and oxygen atoms in total. The Bertz CT molecular complexity index is 627. The third-order valence-electron chi connectivity index (χ3n) is 5.09. The van der Waals surface area contributed by atoms with E-state index in [0.717, 1.165) is 51.4 Å². The number of nitrogens with one attached hydrogen (secondary N) is 3. The highest BCUT2D eigenvalue weighted by molar-refractivity contribution is 7.13. The van der Waals surface area contributed by atoms with Gasteiger partial charge in [-0.25, -0.2) is 9.78 Å². The van der Waals surface area contributed by atoms with Crippen LogP contribution in [-0.2, 0) is 16.1 Å². The fourth-order valence-electron chi connectivity index (χ4n) is 3.54. The van der Waals surface area contributed by atoms with E-state index in [9.17, 15) is 9.59 Å². The molecule has 3 amide bonds. The minimum Gasteiger partial charge on any atom is -0.379 e. The van der Waals surface area contributed by atoms with Crippen LogP contribution in [0, 0.1) is 0 Å². The molecule has 0 spiro atoms. The number of amides is 3. The average molecular weight is 410 g/mol. The van der Waals surface area contributed by atoms with Crippen LogP contribution in [0.2, 0.25) is 0 Å². The molecule has 3 N–H and O–H groups in total. The van der Waals surface area contributed by atoms with Crippen molar-refractivity contribution in [3.63, 3.8) is 0 Å². The van der Waals surface area contributed by atoms with Gasteiger partial charge < -0.3 is 20.7 Å². The summed E-state index contributed by atoms with van der Waals surface area (Å²) in [6, 6.07) is 0.175. The lowest BCUT2D eigenvalue weighted by atomic mass is 9.96. The highest BCUT2D eigenvalue weighted by Gasteiger charge is 2.16. The molecule has 2 aliphatic rings. The van der Waals surface area contributed by atoms with Crippen LogP contribution in [0.1, 0.15) is 50.6 Å². The maximum atomic E-state index is 12.1. The van der Waals surface area contributed by atoms with Crippen LogP contribution in [0.3, 0.4) is 0 Å². The first kappa shape index (κ1) is 21.0. The standard InChI is InChI=1S/C19H31N5O3S/c25-17(7-4-8-20-18(26)21-15-5-2-1-3-6-15)23-19-22-16(14-28-19)13-24-9-11-27-12-10-24/h14-15H,1-13H2,(H2,20,21,26)(H,22,23,25). The van der Waals surface area contributed by atoms with E-state index >= 15 is 0 Å². The highest BCUT2D eigenvalue weighted by atomic mass is 32.1. The van der Waals surface area contributed by atoms with Crippen LogP contribution < -0.4 is 16.0 Å². The zero-order valence-electron chi connectivity index (χ0n) is 16.4. The largest absolute Gasteiger partial charge is 0.379 e. The SMILES string of the molecule is O=C(CCCNC(=O)NC1CCCCC1)Nc1nc(CN2CCOCC2)cs1. The van der Waals surface area contributed by atoms with E-state index in [-0.39, 0.29) is 11.9 Å². The number of ether oxygens (including phenoxy) is 1. The van der Waals surface area contributed by atoms with Crippen molar-refractivity contribution in [2.24, 2.45) is 0 Å². The van der Waals surface area contributed by atoms with Gasteiger partial charge in [-0.05, 0) is 19.3 Å². The van der Waals surface area contributed by atoms with Crippen molar-refractivity contribution in [2.75, 3.05) is 38.2 Å². The van der Waals surface area contributed by atoms with Crippen molar-refractivity contribution in [3.8, 4) is 0 Å². The number of hydrogen-bond acceptors (Lipinski definition) is 6. The number of carbonyl (C=O) groups is 2. The van der Waals surface area contributed by atoms with Crippen molar-refractivity contribution in [1.29, 1.82) is 0 Å². The molecule has 0 unspecified atom stereocenters. The van der Waals surface area contributed by atoms with Gasteiger partial charge in [-0.3, -0.25) is 9.69 Å². The van der Waals surface area contributed by atoms with Gasteiger partial charge in [0.1, 0.15) is 0 Å². The van der Waals surface area contributed by atoms with Crippen LogP contribution in [0.25, 0.3) is 0 Å². The molecule has 0 bridgehead atoms. The zero-order valence-corrected chi connectivity index (χ0v) is 17.2. The summed E-state index contributed by atoms with van der Waals surface area (Å²) < 4.78 is 5.35. The molecule has 1 aromatic rings. The van der Waals surface area contributed by atoms with E-state index < -0.39 is 0 Å². The van der Waals surface area contributed by atoms with Crippen LogP contribution >= 0.6 is 11.3 Å². The number of rotatable bonds is 8. The smallest absolute Gasteiger partial charge is 0.315 e. The molecular weight excluding hydrogens is 378 g/mol. The van der Waals surface area contributed by atoms with Gasteiger partial charge in [0.05, 0.1) is 18.9 Å². The second-order valence-electron chi connectivity index (χ2n) is 7.42. The highest BCUT2D eigenvalue weighted by Crippen LogP contribution is 2.18. The Kier molecular flexibility index (Phi) is 8.50. The molecule has 156 valence electrons. The minimum atomic E-state index is -0.125. The summed E-state index contributed by atoms with van der Waals surface area (Å²) >= 11 is 1.45. The Hall–Kier alpha value is -1.71. The molecule has 3 rings (SSSR count). The average Bonchev–Trinajstić information content (AvgIpc) is 3.13. The molecule has 0 radical (unpaired) electrons. The maximum absolute atomic E-state index is 12.1. The van der Waals surface area contributed by atoms with Gasteiger partial charge in [0.2, 0.25) is 5.91 Å². The summed E-state index contributed by atoms with van der Waals surface area (Å²) in [5.41, 5.74) is 0.975. The van der Waals surface area contributed by atoms with E-state index in [0.29, 0.717) is 30.6 Å². The van der Waals surface area contributed by atoms with Crippen molar-refractivity contribution in [2.45, 2.75) is 57.5 Å². The lowest BCUT2D eigenvalue weighted by Crippen LogP contribution is -2.43. The summed E-state index contributed by atoms with van der Waals surface area (Å²) in [6.45, 7) is 4.64. The lowest BCUT2D eigenvalue weighted by Gasteiger charge is -2.25. The predicted molar refractivity (Wildman–Crippen MR) is 109 cm³/mol. The topological polar surface area (TPSA) is 95.6 Å². The second kappa shape index (κ2) is 11.3. The molecule has 1 saturated carbocycles. The number of urea groups is 1. The van der Waals surface area contributed by atoms with Crippen LogP contribution in [0.5, 0.6) is 0 Å². The molecular formula is C19H31N5O3S. The Morgan fingerprint density at radius 3 is 2.79 bits per heavy atom. The fourth-order valence-corrected chi connectivity index (χ4v) is 4.26. The van der Waals surface area contributed by atoms with E-state index in [2.05, 4.69) is 25.8 Å². The molecule has 0 atom stereocenters. The van der Waals surface area contributed by atoms with Gasteiger partial charge in [0.15, 0.2) is 5.13 Å². The van der Waals surface area contributed by atoms with Crippen molar-refractivity contribution in [3.05, 3.63) is 11.1 Å². The predicted octanol–water partition coefficient (Wildman–Crippen LogP) is 2.33. The summed E-state index contributed by atoms with van der Waals surface area (Å²) in [5.74, 6) is -0.0678. The second-order valence-corrected chi connectivity index (χ2v) is 8.28. The van der Waals surface area contributed by atoms with E-state index in [1.165, 1.54) is 30.6 Å². The quantitative estimate of drug-likeness (QED) is 0.573. The maximum Gasteiger partial charge on any atom is 0.315 e. The van der Waals surface area contributed by atoms with E-state index in [1.54, 1.807) is 0 Å². The molecule has 1 saturated heterocycles. The molecule has 1 aliphatic heterocycles. The molecule has 2 fully saturated rings. The molecule has 0 aromatic carbocycles. The van der Waals surface area contributed by atoms with Crippen molar-refractivity contribution < 1.29 is 14.3 Å². The lowest BCUT2D eigenvalue weighted by molar-refractivity contribution is -0.116. The van der Waals surface area contributed by atoms with Crippen molar-refractivity contribution >= 4 is 28.4 Å². The molecule has 28 heavy (non-hydrogen) atoms.